The molecule has 0 bridgehead atoms. The molecule has 6 aromatic rings. The number of nitrogens with zero attached hydrogens (tertiary/aromatic N) is 3. The number of para-hydroxylation sites is 1. The molecule has 0 radical (unpaired) electrons. The van der Waals surface area contributed by atoms with E-state index in [1.807, 2.05) is 12.1 Å². The number of aromatic nitrogens is 3. The highest BCUT2D eigenvalue weighted by molar-refractivity contribution is 5.74. The number of fused-ring (bicyclic) bond motifs is 1. The van der Waals surface area contributed by atoms with Crippen LogP contribution in [-0.2, 0) is 18.4 Å². The SMILES string of the molecule is c1ccc(CC(Cc2ccc(-c3ccccc3)cc2)(c2ccccc2)n2nnc3ccccc32)cc1. The van der Waals surface area contributed by atoms with Gasteiger partial charge in [0.1, 0.15) is 5.52 Å². The van der Waals surface area contributed by atoms with E-state index in [1.54, 1.807) is 0 Å². The third-order valence-corrected chi connectivity index (χ3v) is 6.97. The summed E-state index contributed by atoms with van der Waals surface area (Å²) in [6.07, 6.45) is 1.58. The Bertz CT molecular complexity index is 1560. The Morgan fingerprint density at radius 2 is 1.03 bits per heavy atom. The van der Waals surface area contributed by atoms with Crippen LogP contribution in [0, 0.1) is 0 Å². The average molecular weight is 466 g/mol. The predicted molar refractivity (Wildman–Crippen MR) is 147 cm³/mol. The summed E-state index contributed by atoms with van der Waals surface area (Å²) in [7, 11) is 0. The van der Waals surface area contributed by atoms with Crippen molar-refractivity contribution >= 4 is 11.0 Å². The molecule has 0 aliphatic heterocycles. The molecule has 6 rings (SSSR count). The number of benzene rings is 5. The van der Waals surface area contributed by atoms with Gasteiger partial charge in [-0.1, -0.05) is 133 Å². The number of hydrogen-bond acceptors (Lipinski definition) is 2. The summed E-state index contributed by atoms with van der Waals surface area (Å²) in [6, 6.07) is 49.2. The molecule has 36 heavy (non-hydrogen) atoms. The second kappa shape index (κ2) is 9.63. The topological polar surface area (TPSA) is 30.7 Å². The van der Waals surface area contributed by atoms with Crippen LogP contribution in [0.3, 0.4) is 0 Å². The smallest absolute Gasteiger partial charge is 0.113 e. The van der Waals surface area contributed by atoms with E-state index in [0.29, 0.717) is 0 Å². The van der Waals surface area contributed by atoms with Gasteiger partial charge in [0.15, 0.2) is 0 Å². The van der Waals surface area contributed by atoms with Crippen LogP contribution in [0.25, 0.3) is 22.2 Å². The van der Waals surface area contributed by atoms with Crippen LogP contribution in [0.5, 0.6) is 0 Å². The summed E-state index contributed by atoms with van der Waals surface area (Å²) >= 11 is 0. The van der Waals surface area contributed by atoms with Gasteiger partial charge >= 0.3 is 0 Å². The maximum atomic E-state index is 4.77. The van der Waals surface area contributed by atoms with Crippen LogP contribution in [0.15, 0.2) is 140 Å². The van der Waals surface area contributed by atoms with E-state index in [1.165, 1.54) is 27.8 Å². The van der Waals surface area contributed by atoms with Gasteiger partial charge in [-0.05, 0) is 39.9 Å². The molecule has 1 unspecified atom stereocenters. The monoisotopic (exact) mass is 465 g/mol. The molecular formula is C33H27N3. The molecule has 1 atom stereocenters. The first-order valence-electron chi connectivity index (χ1n) is 12.4. The van der Waals surface area contributed by atoms with Crippen molar-refractivity contribution in [3.63, 3.8) is 0 Å². The van der Waals surface area contributed by atoms with Gasteiger partial charge < -0.3 is 0 Å². The summed E-state index contributed by atoms with van der Waals surface area (Å²) in [5.74, 6) is 0. The van der Waals surface area contributed by atoms with Crippen LogP contribution in [0.4, 0.5) is 0 Å². The van der Waals surface area contributed by atoms with E-state index >= 15 is 0 Å². The molecule has 1 heterocycles. The lowest BCUT2D eigenvalue weighted by atomic mass is 9.78. The molecule has 0 aliphatic carbocycles. The van der Waals surface area contributed by atoms with Crippen LogP contribution in [0.1, 0.15) is 16.7 Å². The Hall–Kier alpha value is -4.50. The van der Waals surface area contributed by atoms with Crippen LogP contribution in [-0.4, -0.2) is 15.0 Å². The van der Waals surface area contributed by atoms with Gasteiger partial charge in [-0.25, -0.2) is 4.68 Å². The van der Waals surface area contributed by atoms with Crippen molar-refractivity contribution in [3.8, 4) is 11.1 Å². The third kappa shape index (κ3) is 4.20. The summed E-state index contributed by atoms with van der Waals surface area (Å²) in [6.45, 7) is 0. The first-order chi connectivity index (χ1) is 17.8. The third-order valence-electron chi connectivity index (χ3n) is 6.97. The largest absolute Gasteiger partial charge is 0.233 e. The lowest BCUT2D eigenvalue weighted by Gasteiger charge is -2.36. The average Bonchev–Trinajstić information content (AvgIpc) is 3.39. The van der Waals surface area contributed by atoms with E-state index in [-0.39, 0.29) is 0 Å². The molecule has 0 N–H and O–H groups in total. The lowest BCUT2D eigenvalue weighted by Crippen LogP contribution is -2.40. The van der Waals surface area contributed by atoms with Gasteiger partial charge in [0, 0.05) is 12.8 Å². The molecule has 0 amide bonds. The van der Waals surface area contributed by atoms with Crippen LogP contribution in [0.2, 0.25) is 0 Å². The van der Waals surface area contributed by atoms with Gasteiger partial charge in [0.05, 0.1) is 11.1 Å². The molecule has 5 aromatic carbocycles. The molecule has 0 aliphatic rings. The Kier molecular flexibility index (Phi) is 5.88. The second-order valence-corrected chi connectivity index (χ2v) is 9.29. The van der Waals surface area contributed by atoms with Crippen molar-refractivity contribution in [1.82, 2.24) is 15.0 Å². The van der Waals surface area contributed by atoms with Crippen molar-refractivity contribution < 1.29 is 0 Å². The molecular weight excluding hydrogens is 438 g/mol. The lowest BCUT2D eigenvalue weighted by molar-refractivity contribution is 0.317. The second-order valence-electron chi connectivity index (χ2n) is 9.29. The summed E-state index contributed by atoms with van der Waals surface area (Å²) < 4.78 is 2.15. The fraction of sp³-hybridized carbons (Fsp3) is 0.0909. The van der Waals surface area contributed by atoms with Crippen LogP contribution < -0.4 is 0 Å². The normalized spacial score (nSPS) is 12.9. The van der Waals surface area contributed by atoms with E-state index in [9.17, 15) is 0 Å². The van der Waals surface area contributed by atoms with Gasteiger partial charge in [-0.2, -0.15) is 0 Å². The molecule has 3 heteroatoms. The maximum Gasteiger partial charge on any atom is 0.113 e. The number of rotatable bonds is 7. The zero-order chi connectivity index (χ0) is 24.2. The van der Waals surface area contributed by atoms with E-state index in [0.717, 1.165) is 23.9 Å². The quantitative estimate of drug-likeness (QED) is 0.247. The summed E-state index contributed by atoms with van der Waals surface area (Å²) in [5, 5.41) is 9.33. The zero-order valence-electron chi connectivity index (χ0n) is 20.0. The van der Waals surface area contributed by atoms with E-state index < -0.39 is 5.54 Å². The van der Waals surface area contributed by atoms with Crippen molar-refractivity contribution in [2.45, 2.75) is 18.4 Å². The predicted octanol–water partition coefficient (Wildman–Crippen LogP) is 7.33. The Labute approximate surface area is 211 Å². The summed E-state index contributed by atoms with van der Waals surface area (Å²) in [4.78, 5) is 0. The fourth-order valence-electron chi connectivity index (χ4n) is 5.19. The Morgan fingerprint density at radius 1 is 0.500 bits per heavy atom. The first kappa shape index (κ1) is 22.0. The van der Waals surface area contributed by atoms with Gasteiger partial charge in [0.2, 0.25) is 0 Å². The molecule has 0 saturated carbocycles. The molecule has 0 spiro atoms. The van der Waals surface area contributed by atoms with Gasteiger partial charge in [0.25, 0.3) is 0 Å². The van der Waals surface area contributed by atoms with Crippen LogP contribution >= 0.6 is 0 Å². The minimum Gasteiger partial charge on any atom is -0.233 e. The molecule has 3 nitrogen and oxygen atoms in total. The van der Waals surface area contributed by atoms with Crippen molar-refractivity contribution in [1.29, 1.82) is 0 Å². The van der Waals surface area contributed by atoms with Crippen molar-refractivity contribution in [2.24, 2.45) is 0 Å². The Balaban J connectivity index is 1.51. The van der Waals surface area contributed by atoms with E-state index in [4.69, 9.17) is 5.21 Å². The number of hydrogen-bond donors (Lipinski definition) is 0. The summed E-state index contributed by atoms with van der Waals surface area (Å²) in [5.41, 5.74) is 7.69. The van der Waals surface area contributed by atoms with Crippen molar-refractivity contribution in [3.05, 3.63) is 156 Å². The highest BCUT2D eigenvalue weighted by Crippen LogP contribution is 2.36. The van der Waals surface area contributed by atoms with Gasteiger partial charge in [-0.15, -0.1) is 5.10 Å². The van der Waals surface area contributed by atoms with Gasteiger partial charge in [-0.3, -0.25) is 0 Å². The minimum atomic E-state index is -0.451. The zero-order valence-corrected chi connectivity index (χ0v) is 20.0. The fourth-order valence-corrected chi connectivity index (χ4v) is 5.19. The molecule has 1 aromatic heterocycles. The standard InChI is InChI=1S/C33H27N3/c1-4-12-26(13-5-1)24-33(30-16-8-3-9-17-30,36-32-19-11-10-18-31(32)34-35-36)25-27-20-22-29(23-21-27)28-14-6-2-7-15-28/h1-23H,24-25H2. The maximum absolute atomic E-state index is 4.77. The first-order valence-corrected chi connectivity index (χ1v) is 12.4. The molecule has 174 valence electrons. The Morgan fingerprint density at radius 3 is 1.72 bits per heavy atom. The molecule has 0 saturated heterocycles. The van der Waals surface area contributed by atoms with E-state index in [2.05, 4.69) is 137 Å². The minimum absolute atomic E-state index is 0.451. The highest BCUT2D eigenvalue weighted by atomic mass is 15.5. The highest BCUT2D eigenvalue weighted by Gasteiger charge is 2.37. The van der Waals surface area contributed by atoms with Crippen molar-refractivity contribution in [2.75, 3.05) is 0 Å². The molecule has 0 fully saturated rings.